The zero-order valence-electron chi connectivity index (χ0n) is 11.0. The number of H-pyrrole nitrogens is 1. The van der Waals surface area contributed by atoms with E-state index in [0.29, 0.717) is 19.4 Å². The second-order valence-corrected chi connectivity index (χ2v) is 4.55. The van der Waals surface area contributed by atoms with Crippen LogP contribution in [0.5, 0.6) is 0 Å². The fourth-order valence-electron chi connectivity index (χ4n) is 1.84. The molecule has 0 bridgehead atoms. The van der Waals surface area contributed by atoms with Crippen molar-refractivity contribution in [3.63, 3.8) is 0 Å². The summed E-state index contributed by atoms with van der Waals surface area (Å²) < 4.78 is 12.7. The van der Waals surface area contributed by atoms with E-state index in [9.17, 15) is 9.18 Å². The minimum Gasteiger partial charge on any atom is -0.354 e. The summed E-state index contributed by atoms with van der Waals surface area (Å²) in [4.78, 5) is 18.6. The predicted molar refractivity (Wildman–Crippen MR) is 73.4 cm³/mol. The van der Waals surface area contributed by atoms with Gasteiger partial charge in [-0.1, -0.05) is 12.1 Å². The van der Waals surface area contributed by atoms with Crippen molar-refractivity contribution in [1.29, 1.82) is 0 Å². The number of nitrogens with two attached hydrogens (primary N) is 1. The third-order valence-corrected chi connectivity index (χ3v) is 2.96. The Balaban J connectivity index is 1.73. The van der Waals surface area contributed by atoms with Crippen molar-refractivity contribution >= 4 is 5.91 Å². The van der Waals surface area contributed by atoms with Gasteiger partial charge in [0.1, 0.15) is 5.82 Å². The van der Waals surface area contributed by atoms with Gasteiger partial charge in [-0.2, -0.15) is 0 Å². The van der Waals surface area contributed by atoms with Crippen LogP contribution in [0.4, 0.5) is 4.39 Å². The molecule has 1 heterocycles. The number of imidazole rings is 1. The van der Waals surface area contributed by atoms with Crippen LogP contribution in [-0.2, 0) is 17.6 Å². The summed E-state index contributed by atoms with van der Waals surface area (Å²) in [5, 5.41) is 2.77. The first kappa shape index (κ1) is 14.2. The molecule has 5 nitrogen and oxygen atoms in total. The molecule has 2 aromatic rings. The summed E-state index contributed by atoms with van der Waals surface area (Å²) in [7, 11) is 0. The first-order chi connectivity index (χ1) is 9.65. The zero-order valence-corrected chi connectivity index (χ0v) is 11.0. The summed E-state index contributed by atoms with van der Waals surface area (Å²) >= 11 is 0. The quantitative estimate of drug-likeness (QED) is 0.729. The van der Waals surface area contributed by atoms with Crippen molar-refractivity contribution in [3.05, 3.63) is 53.9 Å². The molecule has 4 N–H and O–H groups in total. The van der Waals surface area contributed by atoms with Crippen molar-refractivity contribution in [2.45, 2.75) is 18.9 Å². The number of nitrogens with zero attached hydrogens (tertiary/aromatic N) is 1. The highest BCUT2D eigenvalue weighted by Gasteiger charge is 2.14. The van der Waals surface area contributed by atoms with Gasteiger partial charge in [-0.3, -0.25) is 4.79 Å². The highest BCUT2D eigenvalue weighted by atomic mass is 19.1. The molecular formula is C14H17FN4O. The molecule has 20 heavy (non-hydrogen) atoms. The van der Waals surface area contributed by atoms with E-state index in [1.807, 2.05) is 0 Å². The van der Waals surface area contributed by atoms with E-state index in [0.717, 1.165) is 11.3 Å². The molecule has 1 aromatic carbocycles. The molecule has 0 saturated carbocycles. The van der Waals surface area contributed by atoms with E-state index in [4.69, 9.17) is 5.73 Å². The van der Waals surface area contributed by atoms with Gasteiger partial charge < -0.3 is 16.0 Å². The van der Waals surface area contributed by atoms with E-state index >= 15 is 0 Å². The Morgan fingerprint density at radius 3 is 2.80 bits per heavy atom. The second kappa shape index (κ2) is 6.81. The van der Waals surface area contributed by atoms with Crippen LogP contribution in [0, 0.1) is 5.82 Å². The number of nitrogens with one attached hydrogen (secondary N) is 2. The summed E-state index contributed by atoms with van der Waals surface area (Å²) in [5.41, 5.74) is 7.59. The Morgan fingerprint density at radius 2 is 2.15 bits per heavy atom. The Labute approximate surface area is 116 Å². The maximum Gasteiger partial charge on any atom is 0.237 e. The third kappa shape index (κ3) is 4.17. The first-order valence-electron chi connectivity index (χ1n) is 6.40. The predicted octanol–water partition coefficient (Wildman–Crippen LogP) is 0.777. The van der Waals surface area contributed by atoms with Crippen molar-refractivity contribution in [2.24, 2.45) is 5.73 Å². The maximum atomic E-state index is 12.7. The largest absolute Gasteiger partial charge is 0.354 e. The normalized spacial score (nSPS) is 12.1. The van der Waals surface area contributed by atoms with Gasteiger partial charge >= 0.3 is 0 Å². The molecular weight excluding hydrogens is 259 g/mol. The van der Waals surface area contributed by atoms with Crippen LogP contribution in [0.1, 0.15) is 11.3 Å². The minimum absolute atomic E-state index is 0.207. The number of carbonyl (C=O) groups excluding carboxylic acids is 1. The number of amides is 1. The number of halogens is 1. The molecule has 1 aromatic heterocycles. The zero-order chi connectivity index (χ0) is 14.4. The molecule has 0 saturated heterocycles. The molecule has 0 aliphatic carbocycles. The second-order valence-electron chi connectivity index (χ2n) is 4.55. The number of rotatable bonds is 6. The van der Waals surface area contributed by atoms with E-state index < -0.39 is 6.04 Å². The van der Waals surface area contributed by atoms with Crippen LogP contribution in [-0.4, -0.2) is 28.5 Å². The number of hydrogen-bond acceptors (Lipinski definition) is 3. The van der Waals surface area contributed by atoms with Gasteiger partial charge in [-0.15, -0.1) is 0 Å². The van der Waals surface area contributed by atoms with Crippen LogP contribution < -0.4 is 11.1 Å². The molecule has 0 fully saturated rings. The van der Waals surface area contributed by atoms with Gasteiger partial charge in [0.2, 0.25) is 5.91 Å². The van der Waals surface area contributed by atoms with Gasteiger partial charge in [0.05, 0.1) is 12.4 Å². The molecule has 2 rings (SSSR count). The first-order valence-corrected chi connectivity index (χ1v) is 6.40. The highest BCUT2D eigenvalue weighted by Crippen LogP contribution is 2.03. The molecule has 0 spiro atoms. The summed E-state index contributed by atoms with van der Waals surface area (Å²) in [6.07, 6.45) is 4.26. The SMILES string of the molecule is NC(Cc1cnc[nH]1)C(=O)NCCc1ccc(F)cc1. The van der Waals surface area contributed by atoms with Crippen molar-refractivity contribution < 1.29 is 9.18 Å². The Morgan fingerprint density at radius 1 is 1.40 bits per heavy atom. The summed E-state index contributed by atoms with van der Waals surface area (Å²) in [6, 6.07) is 5.60. The fraction of sp³-hybridized carbons (Fsp3) is 0.286. The molecule has 0 radical (unpaired) electrons. The molecule has 106 valence electrons. The smallest absolute Gasteiger partial charge is 0.237 e. The van der Waals surface area contributed by atoms with Crippen LogP contribution in [0.25, 0.3) is 0 Å². The standard InChI is InChI=1S/C14H17FN4O/c15-11-3-1-10(2-4-11)5-6-18-14(20)13(16)7-12-8-17-9-19-12/h1-4,8-9,13H,5-7,16H2,(H,17,19)(H,18,20). The summed E-state index contributed by atoms with van der Waals surface area (Å²) in [6.45, 7) is 0.473. The monoisotopic (exact) mass is 276 g/mol. The molecule has 1 unspecified atom stereocenters. The van der Waals surface area contributed by atoms with Crippen LogP contribution in [0.3, 0.4) is 0 Å². The average molecular weight is 276 g/mol. The van der Waals surface area contributed by atoms with E-state index in [2.05, 4.69) is 15.3 Å². The molecule has 1 atom stereocenters. The number of carbonyl (C=O) groups is 1. The van der Waals surface area contributed by atoms with E-state index in [1.54, 1.807) is 24.7 Å². The fourth-order valence-corrected chi connectivity index (χ4v) is 1.84. The molecule has 0 aliphatic rings. The number of benzene rings is 1. The lowest BCUT2D eigenvalue weighted by Crippen LogP contribution is -2.42. The Hall–Kier alpha value is -2.21. The lowest BCUT2D eigenvalue weighted by atomic mass is 10.1. The van der Waals surface area contributed by atoms with E-state index in [-0.39, 0.29) is 11.7 Å². The van der Waals surface area contributed by atoms with Gasteiger partial charge in [0, 0.05) is 24.9 Å². The lowest BCUT2D eigenvalue weighted by molar-refractivity contribution is -0.122. The van der Waals surface area contributed by atoms with Crippen molar-refractivity contribution in [2.75, 3.05) is 6.54 Å². The van der Waals surface area contributed by atoms with E-state index in [1.165, 1.54) is 12.1 Å². The van der Waals surface area contributed by atoms with Crippen LogP contribution in [0.2, 0.25) is 0 Å². The highest BCUT2D eigenvalue weighted by molar-refractivity contribution is 5.81. The van der Waals surface area contributed by atoms with Gasteiger partial charge in [-0.05, 0) is 24.1 Å². The van der Waals surface area contributed by atoms with Gasteiger partial charge in [-0.25, -0.2) is 9.37 Å². The summed E-state index contributed by atoms with van der Waals surface area (Å²) in [5.74, 6) is -0.471. The van der Waals surface area contributed by atoms with Crippen molar-refractivity contribution in [1.82, 2.24) is 15.3 Å². The molecule has 6 heteroatoms. The maximum absolute atomic E-state index is 12.7. The minimum atomic E-state index is -0.608. The lowest BCUT2D eigenvalue weighted by Gasteiger charge is -2.11. The number of hydrogen-bond donors (Lipinski definition) is 3. The van der Waals surface area contributed by atoms with Gasteiger partial charge in [0.25, 0.3) is 0 Å². The van der Waals surface area contributed by atoms with Gasteiger partial charge in [0.15, 0.2) is 0 Å². The Bertz CT molecular complexity index is 539. The topological polar surface area (TPSA) is 83.8 Å². The molecule has 1 amide bonds. The average Bonchev–Trinajstić information content (AvgIpc) is 2.93. The number of aromatic amines is 1. The molecule has 0 aliphatic heterocycles. The number of aromatic nitrogens is 2. The Kier molecular flexibility index (Phi) is 4.84. The van der Waals surface area contributed by atoms with Crippen molar-refractivity contribution in [3.8, 4) is 0 Å². The third-order valence-electron chi connectivity index (χ3n) is 2.96. The van der Waals surface area contributed by atoms with Crippen LogP contribution >= 0.6 is 0 Å². The van der Waals surface area contributed by atoms with Crippen LogP contribution in [0.15, 0.2) is 36.8 Å².